The van der Waals surface area contributed by atoms with E-state index in [2.05, 4.69) is 15.3 Å². The highest BCUT2D eigenvalue weighted by Crippen LogP contribution is 2.16. The van der Waals surface area contributed by atoms with Crippen molar-refractivity contribution in [2.24, 2.45) is 0 Å². The number of nitrogens with one attached hydrogen (secondary N) is 2. The standard InChI is InChI=1S/C17H14ClN3O3S/c1-10-9-25-17(20-10)21-16(23)13-6-14(22)15(7-19-13)24-8-11-3-2-4-12(18)5-11/h2-7,9H,8H2,1H3,(H,19,22)(H,20,21,23). The smallest absolute Gasteiger partial charge is 0.273 e. The number of carbonyl (C=O) groups excluding carboxylic acids is 1. The number of rotatable bonds is 5. The van der Waals surface area contributed by atoms with Gasteiger partial charge in [0, 0.05) is 22.7 Å². The van der Waals surface area contributed by atoms with Gasteiger partial charge in [0.15, 0.2) is 10.9 Å². The summed E-state index contributed by atoms with van der Waals surface area (Å²) in [5.74, 6) is -0.311. The Hall–Kier alpha value is -2.64. The molecular weight excluding hydrogens is 362 g/mol. The summed E-state index contributed by atoms with van der Waals surface area (Å²) in [6.07, 6.45) is 1.37. The van der Waals surface area contributed by atoms with Crippen molar-refractivity contribution in [1.82, 2.24) is 9.97 Å². The van der Waals surface area contributed by atoms with Crippen LogP contribution in [0.5, 0.6) is 5.75 Å². The SMILES string of the molecule is Cc1csc(NC(=O)c2cc(=O)c(OCc3cccc(Cl)c3)c[nH]2)n1. The zero-order valence-corrected chi connectivity index (χ0v) is 14.8. The van der Waals surface area contributed by atoms with Crippen molar-refractivity contribution in [1.29, 1.82) is 0 Å². The third-order valence-electron chi connectivity index (χ3n) is 3.24. The van der Waals surface area contributed by atoms with Gasteiger partial charge in [-0.2, -0.15) is 0 Å². The molecule has 0 spiro atoms. The number of aryl methyl sites for hydroxylation is 1. The number of anilines is 1. The molecule has 3 aromatic rings. The molecule has 8 heteroatoms. The number of amides is 1. The number of ether oxygens (including phenoxy) is 1. The van der Waals surface area contributed by atoms with Crippen LogP contribution in [-0.2, 0) is 6.61 Å². The van der Waals surface area contributed by atoms with Crippen LogP contribution in [0.15, 0.2) is 46.7 Å². The highest BCUT2D eigenvalue weighted by atomic mass is 35.5. The van der Waals surface area contributed by atoms with Crippen LogP contribution in [0.1, 0.15) is 21.7 Å². The van der Waals surface area contributed by atoms with Crippen LogP contribution in [0.4, 0.5) is 5.13 Å². The topological polar surface area (TPSA) is 84.1 Å². The van der Waals surface area contributed by atoms with Crippen molar-refractivity contribution in [2.45, 2.75) is 13.5 Å². The van der Waals surface area contributed by atoms with Gasteiger partial charge in [0.25, 0.3) is 5.91 Å². The first-order valence-electron chi connectivity index (χ1n) is 7.35. The quantitative estimate of drug-likeness (QED) is 0.713. The minimum Gasteiger partial charge on any atom is -0.483 e. The maximum atomic E-state index is 12.1. The number of hydrogen-bond donors (Lipinski definition) is 2. The second-order valence-corrected chi connectivity index (χ2v) is 6.54. The molecule has 2 aromatic heterocycles. The van der Waals surface area contributed by atoms with Crippen molar-refractivity contribution in [2.75, 3.05) is 5.32 Å². The fourth-order valence-electron chi connectivity index (χ4n) is 2.07. The minimum absolute atomic E-state index is 0.126. The average Bonchev–Trinajstić information content (AvgIpc) is 2.98. The van der Waals surface area contributed by atoms with E-state index in [0.717, 1.165) is 11.3 Å². The lowest BCUT2D eigenvalue weighted by atomic mass is 10.2. The number of H-pyrrole nitrogens is 1. The van der Waals surface area contributed by atoms with E-state index in [-0.39, 0.29) is 23.5 Å². The largest absolute Gasteiger partial charge is 0.483 e. The van der Waals surface area contributed by atoms with Crippen molar-refractivity contribution >= 4 is 34.0 Å². The number of benzene rings is 1. The molecule has 2 N–H and O–H groups in total. The molecule has 3 rings (SSSR count). The molecule has 0 saturated heterocycles. The zero-order chi connectivity index (χ0) is 17.8. The van der Waals surface area contributed by atoms with Crippen molar-refractivity contribution in [3.63, 3.8) is 0 Å². The van der Waals surface area contributed by atoms with Crippen LogP contribution in [0.2, 0.25) is 5.02 Å². The summed E-state index contributed by atoms with van der Waals surface area (Å²) in [6, 6.07) is 8.36. The molecule has 128 valence electrons. The Bertz CT molecular complexity index is 968. The Morgan fingerprint density at radius 2 is 2.24 bits per heavy atom. The monoisotopic (exact) mass is 375 g/mol. The first-order chi connectivity index (χ1) is 12.0. The number of aromatic amines is 1. The third kappa shape index (κ3) is 4.46. The molecular formula is C17H14ClN3O3S. The molecule has 0 unspecified atom stereocenters. The van der Waals surface area contributed by atoms with E-state index in [1.54, 1.807) is 18.2 Å². The summed E-state index contributed by atoms with van der Waals surface area (Å²) < 4.78 is 5.49. The van der Waals surface area contributed by atoms with E-state index in [4.69, 9.17) is 16.3 Å². The highest BCUT2D eigenvalue weighted by molar-refractivity contribution is 7.13. The Labute approximate surface area is 152 Å². The predicted molar refractivity (Wildman–Crippen MR) is 97.7 cm³/mol. The molecule has 0 aliphatic heterocycles. The van der Waals surface area contributed by atoms with Crippen LogP contribution >= 0.6 is 22.9 Å². The Morgan fingerprint density at radius 1 is 1.40 bits per heavy atom. The van der Waals surface area contributed by atoms with Gasteiger partial charge < -0.3 is 9.72 Å². The third-order valence-corrected chi connectivity index (χ3v) is 4.36. The van der Waals surface area contributed by atoms with Gasteiger partial charge in [-0.15, -0.1) is 11.3 Å². The van der Waals surface area contributed by atoms with Gasteiger partial charge in [-0.3, -0.25) is 14.9 Å². The van der Waals surface area contributed by atoms with Gasteiger partial charge in [-0.05, 0) is 24.6 Å². The van der Waals surface area contributed by atoms with Crippen molar-refractivity contribution < 1.29 is 9.53 Å². The van der Waals surface area contributed by atoms with Crippen molar-refractivity contribution in [3.05, 3.63) is 74.1 Å². The summed E-state index contributed by atoms with van der Waals surface area (Å²) in [6.45, 7) is 2.04. The molecule has 0 aliphatic rings. The molecule has 0 fully saturated rings. The van der Waals surface area contributed by atoms with E-state index in [1.165, 1.54) is 23.6 Å². The number of aromatic nitrogens is 2. The van der Waals surface area contributed by atoms with E-state index in [1.807, 2.05) is 18.4 Å². The molecule has 0 aliphatic carbocycles. The predicted octanol–water partition coefficient (Wildman–Crippen LogP) is 3.62. The highest BCUT2D eigenvalue weighted by Gasteiger charge is 2.11. The van der Waals surface area contributed by atoms with Crippen LogP contribution < -0.4 is 15.5 Å². The fraction of sp³-hybridized carbons (Fsp3) is 0.118. The molecule has 1 amide bonds. The molecule has 1 aromatic carbocycles. The molecule has 0 radical (unpaired) electrons. The summed E-state index contributed by atoms with van der Waals surface area (Å²) in [5, 5.41) is 5.53. The number of carbonyl (C=O) groups is 1. The molecule has 2 heterocycles. The van der Waals surface area contributed by atoms with Gasteiger partial charge >= 0.3 is 0 Å². The van der Waals surface area contributed by atoms with Gasteiger partial charge in [-0.25, -0.2) is 4.98 Å². The normalized spacial score (nSPS) is 10.5. The lowest BCUT2D eigenvalue weighted by molar-refractivity contribution is 0.102. The summed E-state index contributed by atoms with van der Waals surface area (Å²) in [4.78, 5) is 31.2. The van der Waals surface area contributed by atoms with Gasteiger partial charge in [0.1, 0.15) is 12.3 Å². The second kappa shape index (κ2) is 7.50. The van der Waals surface area contributed by atoms with E-state index in [0.29, 0.717) is 10.2 Å². The lowest BCUT2D eigenvalue weighted by Crippen LogP contribution is -2.17. The van der Waals surface area contributed by atoms with E-state index < -0.39 is 5.91 Å². The maximum absolute atomic E-state index is 12.1. The molecule has 0 saturated carbocycles. The molecule has 0 atom stereocenters. The average molecular weight is 376 g/mol. The maximum Gasteiger partial charge on any atom is 0.273 e. The number of hydrogen-bond acceptors (Lipinski definition) is 5. The van der Waals surface area contributed by atoms with Crippen LogP contribution in [0, 0.1) is 6.92 Å². The van der Waals surface area contributed by atoms with E-state index >= 15 is 0 Å². The van der Waals surface area contributed by atoms with E-state index in [9.17, 15) is 9.59 Å². The van der Waals surface area contributed by atoms with Crippen molar-refractivity contribution in [3.8, 4) is 5.75 Å². The van der Waals surface area contributed by atoms with Crippen LogP contribution in [-0.4, -0.2) is 15.9 Å². The van der Waals surface area contributed by atoms with Gasteiger partial charge in [-0.1, -0.05) is 23.7 Å². The number of pyridine rings is 1. The zero-order valence-electron chi connectivity index (χ0n) is 13.2. The summed E-state index contributed by atoms with van der Waals surface area (Å²) in [5.41, 5.74) is 1.40. The minimum atomic E-state index is -0.437. The van der Waals surface area contributed by atoms with Gasteiger partial charge in [0.05, 0.1) is 5.69 Å². The first-order valence-corrected chi connectivity index (χ1v) is 8.60. The molecule has 0 bridgehead atoms. The summed E-state index contributed by atoms with van der Waals surface area (Å²) >= 11 is 7.23. The Kier molecular flexibility index (Phi) is 5.16. The summed E-state index contributed by atoms with van der Waals surface area (Å²) in [7, 11) is 0. The number of thiazole rings is 1. The van der Waals surface area contributed by atoms with Gasteiger partial charge in [0.2, 0.25) is 5.43 Å². The second-order valence-electron chi connectivity index (χ2n) is 5.24. The molecule has 25 heavy (non-hydrogen) atoms. The Morgan fingerprint density at radius 3 is 2.92 bits per heavy atom. The first kappa shape index (κ1) is 17.2. The Balaban J connectivity index is 1.68. The number of nitrogens with zero attached hydrogens (tertiary/aromatic N) is 1. The number of halogens is 1. The van der Waals surface area contributed by atoms with Crippen LogP contribution in [0.3, 0.4) is 0 Å². The lowest BCUT2D eigenvalue weighted by Gasteiger charge is -2.07. The molecule has 6 nitrogen and oxygen atoms in total. The fourth-order valence-corrected chi connectivity index (χ4v) is 2.96. The van der Waals surface area contributed by atoms with Crippen LogP contribution in [0.25, 0.3) is 0 Å².